The summed E-state index contributed by atoms with van der Waals surface area (Å²) in [5.41, 5.74) is 5.31. The molecule has 0 saturated carbocycles. The van der Waals surface area contributed by atoms with Crippen molar-refractivity contribution < 1.29 is 47.3 Å². The quantitative estimate of drug-likeness (QED) is 0.0850. The second kappa shape index (κ2) is 18.8. The van der Waals surface area contributed by atoms with Crippen LogP contribution in [0.1, 0.15) is 88.9 Å². The predicted molar refractivity (Wildman–Crippen MR) is 258 cm³/mol. The van der Waals surface area contributed by atoms with Crippen LogP contribution in [0.15, 0.2) is 67.0 Å². The zero-order valence-corrected chi connectivity index (χ0v) is 40.1. The third-order valence-corrected chi connectivity index (χ3v) is 13.8. The molecule has 20 heteroatoms. The average Bonchev–Trinajstić information content (AvgIpc) is 4.23. The highest BCUT2D eigenvalue weighted by molar-refractivity contribution is 5.96. The molecule has 0 bridgehead atoms. The summed E-state index contributed by atoms with van der Waals surface area (Å²) in [6, 6.07) is 14.2. The van der Waals surface area contributed by atoms with Gasteiger partial charge in [0.15, 0.2) is 6.61 Å². The number of methoxy groups -OCH3 is 2. The highest BCUT2D eigenvalue weighted by atomic mass is 19.1. The topological polar surface area (TPSA) is 227 Å². The van der Waals surface area contributed by atoms with Crippen LogP contribution in [0.5, 0.6) is 11.5 Å². The number of nitrogens with zero attached hydrogens (tertiary/aromatic N) is 5. The minimum atomic E-state index is -0.808. The largest absolute Gasteiger partial charge is 0.482 e. The third-order valence-electron chi connectivity index (χ3n) is 13.8. The molecule has 4 aliphatic heterocycles. The summed E-state index contributed by atoms with van der Waals surface area (Å²) < 4.78 is 41.2. The molecular formula is C51H55FN10O9. The number of aromatic amines is 2. The first-order valence-corrected chi connectivity index (χ1v) is 23.8. The van der Waals surface area contributed by atoms with Gasteiger partial charge in [-0.25, -0.2) is 23.9 Å². The number of hydrogen-bond donors (Lipinski definition) is 5. The minimum Gasteiger partial charge on any atom is -0.482 e. The maximum Gasteiger partial charge on any atom is 0.407 e. The Balaban J connectivity index is 0.986. The van der Waals surface area contributed by atoms with Crippen molar-refractivity contribution in [3.63, 3.8) is 0 Å². The zero-order chi connectivity index (χ0) is 49.8. The van der Waals surface area contributed by atoms with Crippen molar-refractivity contribution in [3.8, 4) is 45.3 Å². The van der Waals surface area contributed by atoms with Crippen LogP contribution in [0.3, 0.4) is 0 Å². The fraction of sp³-hybridized carbons (Fsp3) is 0.392. The molecule has 2 saturated heterocycles. The Bertz CT molecular complexity index is 3090. The number of hydrogen-bond acceptors (Lipinski definition) is 11. The van der Waals surface area contributed by atoms with Gasteiger partial charge < -0.3 is 59.2 Å². The van der Waals surface area contributed by atoms with Crippen LogP contribution in [-0.4, -0.2) is 110 Å². The number of amides is 5. The van der Waals surface area contributed by atoms with Gasteiger partial charge in [-0.3, -0.25) is 14.4 Å². The van der Waals surface area contributed by atoms with Crippen LogP contribution in [0.4, 0.5) is 19.7 Å². The van der Waals surface area contributed by atoms with Gasteiger partial charge in [-0.1, -0.05) is 39.8 Å². The SMILES string of the molecule is COC(=O)N[C@H](C(=O)N1CCC[C@H]1c1ncc(-c2cc(F)c3c(c2)OC(c2ccc4c(c2)OCC(=O)N4)n2c-3cc3cc(-c4cnc([C@@H]5CCCN5C(=O)[C@@H](NC(=O)OC)C(C)C)[nH]4)ccc32)[nH]1)C(C)C. The first-order chi connectivity index (χ1) is 34.2. The highest BCUT2D eigenvalue weighted by Gasteiger charge is 2.40. The van der Waals surface area contributed by atoms with E-state index >= 15 is 4.39 Å². The van der Waals surface area contributed by atoms with Gasteiger partial charge in [0.25, 0.3) is 5.91 Å². The summed E-state index contributed by atoms with van der Waals surface area (Å²) in [6.45, 7) is 8.31. The van der Waals surface area contributed by atoms with Crippen LogP contribution < -0.4 is 25.4 Å². The predicted octanol–water partition coefficient (Wildman–Crippen LogP) is 7.59. The van der Waals surface area contributed by atoms with Gasteiger partial charge in [-0.2, -0.15) is 0 Å². The Morgan fingerprint density at radius 2 is 1.37 bits per heavy atom. The molecule has 19 nitrogen and oxygen atoms in total. The smallest absolute Gasteiger partial charge is 0.407 e. The first kappa shape index (κ1) is 46.8. The number of H-pyrrole nitrogens is 2. The Morgan fingerprint density at radius 3 is 1.96 bits per heavy atom. The Labute approximate surface area is 407 Å². The molecule has 7 heterocycles. The number of fused-ring (bicyclic) bond motifs is 6. The standard InChI is InChI=1S/C51H55FN10O9/c1-25(2)43(58-50(66)68-5)47(64)60-15-7-9-36(60)45-53-22-33(56-45)27-12-14-35-30(17-27)19-38-42-31(52)18-29(21-40(42)71-49(62(35)38)28-11-13-32-39(20-28)70-24-41(63)55-32)34-23-54-46(57-34)37-10-8-16-61(37)48(65)44(26(3)4)59-51(67)69-6/h11-14,17-23,25-26,36-37,43-44,49H,7-10,15-16,24H2,1-6H3,(H,53,56)(H,54,57)(H,55,63)(H,58,66)(H,59,67)/t36-,37-,43-,44-,49?/m0/s1. The molecule has 5 amide bonds. The molecule has 10 rings (SSSR count). The number of imidazole rings is 2. The molecule has 5 atom stereocenters. The van der Waals surface area contributed by atoms with Crippen LogP contribution in [0, 0.1) is 17.7 Å². The summed E-state index contributed by atoms with van der Waals surface area (Å²) >= 11 is 0. The van der Waals surface area contributed by atoms with E-state index in [1.165, 1.54) is 20.3 Å². The molecule has 6 aromatic rings. The Morgan fingerprint density at radius 1 is 0.761 bits per heavy atom. The van der Waals surface area contributed by atoms with Crippen molar-refractivity contribution in [1.29, 1.82) is 0 Å². The minimum absolute atomic E-state index is 0.142. The number of nitrogens with one attached hydrogen (secondary N) is 5. The fourth-order valence-corrected chi connectivity index (χ4v) is 10.3. The van der Waals surface area contributed by atoms with E-state index in [0.717, 1.165) is 35.0 Å². The molecular weight excluding hydrogens is 916 g/mol. The van der Waals surface area contributed by atoms with Crippen LogP contribution >= 0.6 is 0 Å². The van der Waals surface area contributed by atoms with Crippen molar-refractivity contribution in [2.45, 2.75) is 83.8 Å². The molecule has 3 aromatic heterocycles. The number of ether oxygens (including phenoxy) is 4. The normalized spacial score (nSPS) is 19.1. The van der Waals surface area contributed by atoms with E-state index in [0.29, 0.717) is 71.5 Å². The number of alkyl carbamates (subject to hydrolysis) is 2. The number of benzene rings is 3. The van der Waals surface area contributed by atoms with E-state index < -0.39 is 42.4 Å². The summed E-state index contributed by atoms with van der Waals surface area (Å²) in [7, 11) is 2.52. The summed E-state index contributed by atoms with van der Waals surface area (Å²) in [5.74, 6) is 0.296. The lowest BCUT2D eigenvalue weighted by molar-refractivity contribution is -0.136. The van der Waals surface area contributed by atoms with E-state index in [-0.39, 0.29) is 53.5 Å². The molecule has 5 N–H and O–H groups in total. The van der Waals surface area contributed by atoms with Crippen molar-refractivity contribution in [2.75, 3.05) is 39.2 Å². The van der Waals surface area contributed by atoms with Crippen LogP contribution in [0.2, 0.25) is 0 Å². The van der Waals surface area contributed by atoms with Crippen molar-refractivity contribution >= 4 is 46.5 Å². The molecule has 2 fully saturated rings. The van der Waals surface area contributed by atoms with Gasteiger partial charge in [0, 0.05) is 35.2 Å². The van der Waals surface area contributed by atoms with Crippen molar-refractivity contribution in [2.24, 2.45) is 11.8 Å². The number of carbonyl (C=O) groups is 5. The third kappa shape index (κ3) is 8.64. The molecule has 4 aliphatic rings. The van der Waals surface area contributed by atoms with Gasteiger partial charge in [0.2, 0.25) is 18.0 Å². The lowest BCUT2D eigenvalue weighted by atomic mass is 10.0. The number of carbonyl (C=O) groups excluding carboxylic acids is 5. The van der Waals surface area contributed by atoms with Gasteiger partial charge in [-0.05, 0) is 80.0 Å². The van der Waals surface area contributed by atoms with Gasteiger partial charge >= 0.3 is 12.2 Å². The summed E-state index contributed by atoms with van der Waals surface area (Å²) in [4.78, 5) is 83.9. The van der Waals surface area contributed by atoms with E-state index in [1.54, 1.807) is 34.3 Å². The number of aromatic nitrogens is 5. The van der Waals surface area contributed by atoms with Crippen molar-refractivity contribution in [3.05, 3.63) is 90.0 Å². The number of halogens is 1. The molecule has 1 unspecified atom stereocenters. The van der Waals surface area contributed by atoms with Gasteiger partial charge in [0.05, 0.1) is 72.5 Å². The first-order valence-electron chi connectivity index (χ1n) is 23.8. The number of likely N-dealkylation sites (tertiary alicyclic amines) is 2. The molecule has 0 aliphatic carbocycles. The second-order valence-corrected chi connectivity index (χ2v) is 19.0. The van der Waals surface area contributed by atoms with E-state index in [4.69, 9.17) is 23.9 Å². The van der Waals surface area contributed by atoms with Crippen LogP contribution in [-0.2, 0) is 23.9 Å². The maximum atomic E-state index is 17.0. The molecule has 71 heavy (non-hydrogen) atoms. The Hall–Kier alpha value is -7.90. The molecule has 3 aromatic carbocycles. The van der Waals surface area contributed by atoms with E-state index in [9.17, 15) is 24.0 Å². The highest BCUT2D eigenvalue weighted by Crippen LogP contribution is 2.48. The number of rotatable bonds is 11. The van der Waals surface area contributed by atoms with Crippen molar-refractivity contribution in [1.82, 2.24) is 44.9 Å². The number of anilines is 1. The lowest BCUT2D eigenvalue weighted by Gasteiger charge is -2.31. The van der Waals surface area contributed by atoms with E-state index in [2.05, 4.69) is 30.9 Å². The van der Waals surface area contributed by atoms with Gasteiger partial charge in [0.1, 0.15) is 41.0 Å². The molecule has 0 spiro atoms. The lowest BCUT2D eigenvalue weighted by Crippen LogP contribution is -2.51. The zero-order valence-electron chi connectivity index (χ0n) is 40.1. The van der Waals surface area contributed by atoms with Crippen LogP contribution in [0.25, 0.3) is 44.7 Å². The Kier molecular flexibility index (Phi) is 12.4. The van der Waals surface area contributed by atoms with E-state index in [1.807, 2.05) is 68.7 Å². The fourth-order valence-electron chi connectivity index (χ4n) is 10.3. The maximum absolute atomic E-state index is 17.0. The monoisotopic (exact) mass is 970 g/mol. The summed E-state index contributed by atoms with van der Waals surface area (Å²) in [5, 5.41) is 9.00. The molecule has 370 valence electrons. The second-order valence-electron chi connectivity index (χ2n) is 19.0. The molecule has 0 radical (unpaired) electrons. The summed E-state index contributed by atoms with van der Waals surface area (Å²) in [6.07, 6.45) is 4.03. The average molecular weight is 971 g/mol. The van der Waals surface area contributed by atoms with Gasteiger partial charge in [-0.15, -0.1) is 0 Å².